The standard InChI is InChI=1S/C10H18F3NO2/c1-4-15-9-7(14-3)5-8(9)16-6(2)10(11,12)13/h6-9,14H,4-5H2,1-3H3. The first-order chi connectivity index (χ1) is 7.40. The topological polar surface area (TPSA) is 30.5 Å². The van der Waals surface area contributed by atoms with E-state index in [1.54, 1.807) is 7.05 Å². The summed E-state index contributed by atoms with van der Waals surface area (Å²) in [4.78, 5) is 0. The zero-order valence-electron chi connectivity index (χ0n) is 9.67. The molecule has 0 saturated heterocycles. The maximum Gasteiger partial charge on any atom is 0.414 e. The Bertz CT molecular complexity index is 223. The third-order valence-electron chi connectivity index (χ3n) is 2.82. The van der Waals surface area contributed by atoms with E-state index < -0.39 is 18.4 Å². The van der Waals surface area contributed by atoms with Crippen molar-refractivity contribution in [3.63, 3.8) is 0 Å². The molecular formula is C10H18F3NO2. The molecule has 1 aliphatic carbocycles. The molecule has 1 rings (SSSR count). The second kappa shape index (κ2) is 5.33. The maximum atomic E-state index is 12.3. The quantitative estimate of drug-likeness (QED) is 0.795. The number of halogens is 3. The van der Waals surface area contributed by atoms with Crippen molar-refractivity contribution in [3.05, 3.63) is 0 Å². The van der Waals surface area contributed by atoms with Gasteiger partial charge in [-0.1, -0.05) is 0 Å². The second-order valence-corrected chi connectivity index (χ2v) is 3.91. The van der Waals surface area contributed by atoms with Crippen LogP contribution in [0.5, 0.6) is 0 Å². The van der Waals surface area contributed by atoms with Gasteiger partial charge in [-0.3, -0.25) is 0 Å². The predicted octanol–water partition coefficient (Wildman–Crippen LogP) is 1.72. The molecule has 1 saturated carbocycles. The fourth-order valence-corrected chi connectivity index (χ4v) is 1.75. The summed E-state index contributed by atoms with van der Waals surface area (Å²) in [5.74, 6) is 0. The largest absolute Gasteiger partial charge is 0.414 e. The van der Waals surface area contributed by atoms with E-state index >= 15 is 0 Å². The fourth-order valence-electron chi connectivity index (χ4n) is 1.75. The van der Waals surface area contributed by atoms with E-state index in [-0.39, 0.29) is 12.1 Å². The second-order valence-electron chi connectivity index (χ2n) is 3.91. The first-order valence-electron chi connectivity index (χ1n) is 5.41. The van der Waals surface area contributed by atoms with Crippen LogP contribution in [-0.4, -0.2) is 44.2 Å². The van der Waals surface area contributed by atoms with Crippen LogP contribution in [0.2, 0.25) is 0 Å². The Balaban J connectivity index is 2.44. The minimum atomic E-state index is -4.30. The van der Waals surface area contributed by atoms with Crippen molar-refractivity contribution >= 4 is 0 Å². The van der Waals surface area contributed by atoms with Gasteiger partial charge in [0.15, 0.2) is 6.10 Å². The first kappa shape index (κ1) is 13.7. The monoisotopic (exact) mass is 241 g/mol. The van der Waals surface area contributed by atoms with Gasteiger partial charge in [0.1, 0.15) is 0 Å². The number of hydrogen-bond donors (Lipinski definition) is 1. The van der Waals surface area contributed by atoms with Gasteiger partial charge in [0.2, 0.25) is 0 Å². The Labute approximate surface area is 93.3 Å². The van der Waals surface area contributed by atoms with Crippen LogP contribution in [-0.2, 0) is 9.47 Å². The first-order valence-corrected chi connectivity index (χ1v) is 5.41. The highest BCUT2D eigenvalue weighted by Gasteiger charge is 2.46. The molecule has 0 aromatic heterocycles. The van der Waals surface area contributed by atoms with Crippen LogP contribution in [0.3, 0.4) is 0 Å². The number of likely N-dealkylation sites (N-methyl/N-ethyl adjacent to an activating group) is 1. The Kier molecular flexibility index (Phi) is 4.58. The summed E-state index contributed by atoms with van der Waals surface area (Å²) in [6, 6.07) is 0.0883. The summed E-state index contributed by atoms with van der Waals surface area (Å²) in [5.41, 5.74) is 0. The van der Waals surface area contributed by atoms with Gasteiger partial charge in [-0.15, -0.1) is 0 Å². The molecular weight excluding hydrogens is 223 g/mol. The number of nitrogens with one attached hydrogen (secondary N) is 1. The van der Waals surface area contributed by atoms with E-state index in [1.807, 2.05) is 6.92 Å². The fraction of sp³-hybridized carbons (Fsp3) is 1.00. The molecule has 96 valence electrons. The Morgan fingerprint density at radius 1 is 1.44 bits per heavy atom. The Morgan fingerprint density at radius 2 is 2.06 bits per heavy atom. The van der Waals surface area contributed by atoms with Crippen LogP contribution >= 0.6 is 0 Å². The van der Waals surface area contributed by atoms with Crippen molar-refractivity contribution in [1.29, 1.82) is 0 Å². The lowest BCUT2D eigenvalue weighted by atomic mass is 9.85. The summed E-state index contributed by atoms with van der Waals surface area (Å²) < 4.78 is 47.2. The number of ether oxygens (including phenoxy) is 2. The van der Waals surface area contributed by atoms with Crippen LogP contribution in [0.1, 0.15) is 20.3 Å². The van der Waals surface area contributed by atoms with Gasteiger partial charge in [0.25, 0.3) is 0 Å². The zero-order valence-corrected chi connectivity index (χ0v) is 9.67. The molecule has 1 aliphatic rings. The predicted molar refractivity (Wildman–Crippen MR) is 53.3 cm³/mol. The molecule has 3 nitrogen and oxygen atoms in total. The number of rotatable bonds is 5. The lowest BCUT2D eigenvalue weighted by molar-refractivity contribution is -0.256. The van der Waals surface area contributed by atoms with Gasteiger partial charge in [-0.05, 0) is 27.3 Å². The summed E-state index contributed by atoms with van der Waals surface area (Å²) >= 11 is 0. The van der Waals surface area contributed by atoms with Crippen LogP contribution in [0.4, 0.5) is 13.2 Å². The summed E-state index contributed by atoms with van der Waals surface area (Å²) in [6.07, 6.45) is -6.23. The van der Waals surface area contributed by atoms with E-state index in [0.717, 1.165) is 6.92 Å². The Hall–Kier alpha value is -0.330. The molecule has 4 unspecified atom stereocenters. The maximum absolute atomic E-state index is 12.3. The van der Waals surface area contributed by atoms with Gasteiger partial charge < -0.3 is 14.8 Å². The minimum absolute atomic E-state index is 0.0883. The molecule has 0 aromatic carbocycles. The molecule has 0 heterocycles. The lowest BCUT2D eigenvalue weighted by Crippen LogP contribution is -2.60. The molecule has 4 atom stereocenters. The molecule has 0 aliphatic heterocycles. The molecule has 1 fully saturated rings. The highest BCUT2D eigenvalue weighted by atomic mass is 19.4. The average Bonchev–Trinajstić information content (AvgIpc) is 2.18. The zero-order chi connectivity index (χ0) is 12.3. The van der Waals surface area contributed by atoms with Gasteiger partial charge in [-0.25, -0.2) is 0 Å². The Morgan fingerprint density at radius 3 is 2.50 bits per heavy atom. The number of hydrogen-bond acceptors (Lipinski definition) is 3. The van der Waals surface area contributed by atoms with Gasteiger partial charge in [0.05, 0.1) is 12.2 Å². The van der Waals surface area contributed by atoms with Crippen LogP contribution in [0, 0.1) is 0 Å². The summed E-state index contributed by atoms with van der Waals surface area (Å²) in [7, 11) is 1.76. The van der Waals surface area contributed by atoms with Crippen molar-refractivity contribution in [2.24, 2.45) is 0 Å². The molecule has 0 aromatic rings. The van der Waals surface area contributed by atoms with Gasteiger partial charge in [0, 0.05) is 12.6 Å². The lowest BCUT2D eigenvalue weighted by Gasteiger charge is -2.44. The average molecular weight is 241 g/mol. The van der Waals surface area contributed by atoms with E-state index in [9.17, 15) is 13.2 Å². The number of alkyl halides is 3. The van der Waals surface area contributed by atoms with Crippen molar-refractivity contribution in [2.75, 3.05) is 13.7 Å². The van der Waals surface area contributed by atoms with E-state index in [1.165, 1.54) is 0 Å². The van der Waals surface area contributed by atoms with Crippen LogP contribution < -0.4 is 5.32 Å². The smallest absolute Gasteiger partial charge is 0.374 e. The van der Waals surface area contributed by atoms with E-state index in [0.29, 0.717) is 13.0 Å². The SMILES string of the molecule is CCOC1C(NC)CC1OC(C)C(F)(F)F. The molecule has 6 heteroatoms. The van der Waals surface area contributed by atoms with Crippen molar-refractivity contribution in [1.82, 2.24) is 5.32 Å². The minimum Gasteiger partial charge on any atom is -0.374 e. The normalized spacial score (nSPS) is 32.2. The van der Waals surface area contributed by atoms with Crippen molar-refractivity contribution < 1.29 is 22.6 Å². The van der Waals surface area contributed by atoms with Crippen molar-refractivity contribution in [3.8, 4) is 0 Å². The molecule has 0 spiro atoms. The van der Waals surface area contributed by atoms with Gasteiger partial charge in [-0.2, -0.15) is 13.2 Å². The molecule has 0 amide bonds. The molecule has 0 radical (unpaired) electrons. The van der Waals surface area contributed by atoms with Crippen LogP contribution in [0.25, 0.3) is 0 Å². The molecule has 0 bridgehead atoms. The molecule has 1 N–H and O–H groups in total. The highest BCUT2D eigenvalue weighted by Crippen LogP contribution is 2.32. The van der Waals surface area contributed by atoms with E-state index in [2.05, 4.69) is 5.32 Å². The van der Waals surface area contributed by atoms with E-state index in [4.69, 9.17) is 9.47 Å². The summed E-state index contributed by atoms with van der Waals surface area (Å²) in [6.45, 7) is 3.31. The molecule has 16 heavy (non-hydrogen) atoms. The highest BCUT2D eigenvalue weighted by molar-refractivity contribution is 4.97. The third kappa shape index (κ3) is 3.09. The van der Waals surface area contributed by atoms with Crippen LogP contribution in [0.15, 0.2) is 0 Å². The summed E-state index contributed by atoms with van der Waals surface area (Å²) in [5, 5.41) is 2.99. The van der Waals surface area contributed by atoms with Crippen molar-refractivity contribution in [2.45, 2.75) is 50.8 Å². The third-order valence-corrected chi connectivity index (χ3v) is 2.82. The van der Waals surface area contributed by atoms with Gasteiger partial charge >= 0.3 is 6.18 Å².